The van der Waals surface area contributed by atoms with Crippen molar-refractivity contribution in [2.75, 3.05) is 12.4 Å². The SMILES string of the molecule is COc1ccc(CNC2=C(C(=S)Nc3ccc(Oc4ccccc4)cc3)C(=O)CC(C)(C)C2)cc1. The minimum Gasteiger partial charge on any atom is -0.497 e. The van der Waals surface area contributed by atoms with Crippen molar-refractivity contribution in [3.05, 3.63) is 95.7 Å². The Labute approximate surface area is 212 Å². The van der Waals surface area contributed by atoms with E-state index >= 15 is 0 Å². The first kappa shape index (κ1) is 24.5. The lowest BCUT2D eigenvalue weighted by Gasteiger charge is -2.33. The van der Waals surface area contributed by atoms with Gasteiger partial charge in [-0.2, -0.15) is 0 Å². The number of carbonyl (C=O) groups excluding carboxylic acids is 1. The van der Waals surface area contributed by atoms with Crippen molar-refractivity contribution in [2.24, 2.45) is 5.41 Å². The molecule has 0 saturated heterocycles. The van der Waals surface area contributed by atoms with Crippen LogP contribution in [0.2, 0.25) is 0 Å². The van der Waals surface area contributed by atoms with Crippen LogP contribution in [0.15, 0.2) is 90.1 Å². The maximum absolute atomic E-state index is 13.1. The molecular weight excluding hydrogens is 456 g/mol. The summed E-state index contributed by atoms with van der Waals surface area (Å²) in [7, 11) is 1.65. The van der Waals surface area contributed by atoms with Gasteiger partial charge in [-0.1, -0.05) is 56.4 Å². The van der Waals surface area contributed by atoms with Gasteiger partial charge in [-0.05, 0) is 65.9 Å². The van der Waals surface area contributed by atoms with Gasteiger partial charge in [0.15, 0.2) is 5.78 Å². The summed E-state index contributed by atoms with van der Waals surface area (Å²) in [5.41, 5.74) is 3.21. The maximum atomic E-state index is 13.1. The normalized spacial score (nSPS) is 14.9. The zero-order valence-corrected chi connectivity index (χ0v) is 21.1. The third kappa shape index (κ3) is 6.49. The van der Waals surface area contributed by atoms with Gasteiger partial charge in [-0.3, -0.25) is 4.79 Å². The van der Waals surface area contributed by atoms with E-state index in [4.69, 9.17) is 21.7 Å². The highest BCUT2D eigenvalue weighted by atomic mass is 32.1. The van der Waals surface area contributed by atoms with Crippen LogP contribution >= 0.6 is 12.2 Å². The zero-order chi connectivity index (χ0) is 24.8. The second kappa shape index (κ2) is 10.7. The van der Waals surface area contributed by atoms with Crippen molar-refractivity contribution in [1.82, 2.24) is 5.32 Å². The van der Waals surface area contributed by atoms with Crippen LogP contribution in [-0.4, -0.2) is 17.9 Å². The fourth-order valence-electron chi connectivity index (χ4n) is 4.11. The molecule has 0 atom stereocenters. The van der Waals surface area contributed by atoms with E-state index in [1.165, 1.54) is 0 Å². The van der Waals surface area contributed by atoms with Crippen molar-refractivity contribution in [3.8, 4) is 17.2 Å². The van der Waals surface area contributed by atoms with E-state index in [1.807, 2.05) is 78.9 Å². The maximum Gasteiger partial charge on any atom is 0.168 e. The predicted octanol–water partition coefficient (Wildman–Crippen LogP) is 6.66. The Kier molecular flexibility index (Phi) is 7.51. The Balaban J connectivity index is 1.49. The molecule has 0 aromatic heterocycles. The van der Waals surface area contributed by atoms with E-state index in [2.05, 4.69) is 24.5 Å². The summed E-state index contributed by atoms with van der Waals surface area (Å²) in [6, 6.07) is 25.0. The van der Waals surface area contributed by atoms with E-state index in [9.17, 15) is 4.79 Å². The number of para-hydroxylation sites is 1. The van der Waals surface area contributed by atoms with Crippen LogP contribution in [0, 0.1) is 5.41 Å². The second-order valence-corrected chi connectivity index (χ2v) is 9.80. The number of nitrogens with one attached hydrogen (secondary N) is 2. The van der Waals surface area contributed by atoms with Crippen molar-refractivity contribution >= 4 is 28.7 Å². The Bertz CT molecular complexity index is 1220. The highest BCUT2D eigenvalue weighted by Crippen LogP contribution is 2.36. The molecule has 0 fully saturated rings. The first-order valence-corrected chi connectivity index (χ1v) is 12.0. The van der Waals surface area contributed by atoms with Crippen LogP contribution in [0.3, 0.4) is 0 Å². The van der Waals surface area contributed by atoms with Crippen LogP contribution in [-0.2, 0) is 11.3 Å². The number of rotatable bonds is 8. The molecule has 0 aliphatic heterocycles. The Hall–Kier alpha value is -3.64. The summed E-state index contributed by atoms with van der Waals surface area (Å²) in [5, 5.41) is 6.73. The standard InChI is InChI=1S/C29H30N2O3S/c1-29(2)17-25(30-19-20-9-13-22(33-3)14-10-20)27(26(32)18-29)28(35)31-21-11-15-24(16-12-21)34-23-7-5-4-6-8-23/h4-16,30H,17-19H2,1-3H3,(H,31,35). The molecule has 0 unspecified atom stereocenters. The monoisotopic (exact) mass is 486 g/mol. The van der Waals surface area contributed by atoms with Gasteiger partial charge in [-0.15, -0.1) is 0 Å². The molecule has 0 saturated carbocycles. The van der Waals surface area contributed by atoms with Gasteiger partial charge in [-0.25, -0.2) is 0 Å². The summed E-state index contributed by atoms with van der Waals surface area (Å²) in [6.07, 6.45) is 1.21. The van der Waals surface area contributed by atoms with Crippen molar-refractivity contribution in [3.63, 3.8) is 0 Å². The van der Waals surface area contributed by atoms with Gasteiger partial charge < -0.3 is 20.1 Å². The molecule has 3 aromatic rings. The van der Waals surface area contributed by atoms with Crippen LogP contribution in [0.25, 0.3) is 0 Å². The fourth-order valence-corrected chi connectivity index (χ4v) is 4.47. The average molecular weight is 487 g/mol. The molecule has 5 nitrogen and oxygen atoms in total. The zero-order valence-electron chi connectivity index (χ0n) is 20.3. The van der Waals surface area contributed by atoms with E-state index in [-0.39, 0.29) is 11.2 Å². The first-order chi connectivity index (χ1) is 16.8. The lowest BCUT2D eigenvalue weighted by Crippen LogP contribution is -2.35. The average Bonchev–Trinajstić information content (AvgIpc) is 2.84. The van der Waals surface area contributed by atoms with Crippen molar-refractivity contribution in [2.45, 2.75) is 33.2 Å². The molecule has 0 bridgehead atoms. The van der Waals surface area contributed by atoms with Gasteiger partial charge in [0.05, 0.1) is 12.7 Å². The number of carbonyl (C=O) groups is 1. The number of allylic oxidation sites excluding steroid dienone is 1. The molecule has 1 aliphatic rings. The molecule has 0 spiro atoms. The van der Waals surface area contributed by atoms with Crippen LogP contribution in [0.5, 0.6) is 17.2 Å². The smallest absolute Gasteiger partial charge is 0.168 e. The summed E-state index contributed by atoms with van der Waals surface area (Å²) >= 11 is 5.71. The summed E-state index contributed by atoms with van der Waals surface area (Å²) in [6.45, 7) is 4.82. The largest absolute Gasteiger partial charge is 0.497 e. The van der Waals surface area contributed by atoms with E-state index < -0.39 is 0 Å². The molecular formula is C29H30N2O3S. The number of ketones is 1. The van der Waals surface area contributed by atoms with E-state index in [0.29, 0.717) is 23.5 Å². The lowest BCUT2D eigenvalue weighted by molar-refractivity contribution is -0.117. The molecule has 0 amide bonds. The minimum atomic E-state index is -0.130. The molecule has 6 heteroatoms. The highest BCUT2D eigenvalue weighted by Gasteiger charge is 2.34. The molecule has 4 rings (SSSR count). The number of thiocarbonyl (C=S) groups is 1. The van der Waals surface area contributed by atoms with Crippen molar-refractivity contribution < 1.29 is 14.3 Å². The number of hydrogen-bond donors (Lipinski definition) is 2. The highest BCUT2D eigenvalue weighted by molar-refractivity contribution is 7.81. The predicted molar refractivity (Wildman–Crippen MR) is 144 cm³/mol. The summed E-state index contributed by atoms with van der Waals surface area (Å²) in [4.78, 5) is 13.6. The number of Topliss-reactive ketones (excluding diaryl/α,β-unsaturated/α-hetero) is 1. The van der Waals surface area contributed by atoms with E-state index in [1.54, 1.807) is 7.11 Å². The molecule has 0 heterocycles. The van der Waals surface area contributed by atoms with Crippen LogP contribution in [0.4, 0.5) is 5.69 Å². The number of ether oxygens (including phenoxy) is 2. The van der Waals surface area contributed by atoms with Gasteiger partial charge in [0.2, 0.25) is 0 Å². The fraction of sp³-hybridized carbons (Fsp3) is 0.241. The van der Waals surface area contributed by atoms with Gasteiger partial charge >= 0.3 is 0 Å². The van der Waals surface area contributed by atoms with E-state index in [0.717, 1.165) is 40.6 Å². The Morgan fingerprint density at radius 2 is 1.51 bits per heavy atom. The van der Waals surface area contributed by atoms with Gasteiger partial charge in [0.25, 0.3) is 0 Å². The topological polar surface area (TPSA) is 59.6 Å². The lowest BCUT2D eigenvalue weighted by atomic mass is 9.75. The second-order valence-electron chi connectivity index (χ2n) is 9.39. The Morgan fingerprint density at radius 3 is 2.17 bits per heavy atom. The number of hydrogen-bond acceptors (Lipinski definition) is 5. The molecule has 1 aliphatic carbocycles. The number of benzene rings is 3. The third-order valence-electron chi connectivity index (χ3n) is 5.86. The minimum absolute atomic E-state index is 0.0556. The molecule has 0 radical (unpaired) electrons. The van der Waals surface area contributed by atoms with Crippen molar-refractivity contribution in [1.29, 1.82) is 0 Å². The molecule has 3 aromatic carbocycles. The van der Waals surface area contributed by atoms with Gasteiger partial charge in [0, 0.05) is 24.4 Å². The number of methoxy groups -OCH3 is 1. The third-order valence-corrected chi connectivity index (χ3v) is 6.16. The molecule has 2 N–H and O–H groups in total. The molecule has 180 valence electrons. The number of anilines is 1. The summed E-state index contributed by atoms with van der Waals surface area (Å²) < 4.78 is 11.1. The van der Waals surface area contributed by atoms with Crippen LogP contribution in [0.1, 0.15) is 32.3 Å². The summed E-state index contributed by atoms with van der Waals surface area (Å²) in [5.74, 6) is 2.37. The molecule has 35 heavy (non-hydrogen) atoms. The Morgan fingerprint density at radius 1 is 0.886 bits per heavy atom. The van der Waals surface area contributed by atoms with Crippen LogP contribution < -0.4 is 20.1 Å². The van der Waals surface area contributed by atoms with Gasteiger partial charge in [0.1, 0.15) is 22.2 Å². The first-order valence-electron chi connectivity index (χ1n) is 11.6. The quantitative estimate of drug-likeness (QED) is 0.347.